The zero-order chi connectivity index (χ0) is 23.8. The van der Waals surface area contributed by atoms with Crippen molar-refractivity contribution in [2.24, 2.45) is 23.5 Å². The largest absolute Gasteiger partial charge is 0.507 e. The van der Waals surface area contributed by atoms with Gasteiger partial charge in [-0.15, -0.1) is 0 Å². The van der Waals surface area contributed by atoms with Crippen molar-refractivity contribution in [1.82, 2.24) is 4.90 Å². The van der Waals surface area contributed by atoms with Gasteiger partial charge in [0.1, 0.15) is 5.75 Å². The summed E-state index contributed by atoms with van der Waals surface area (Å²) >= 11 is 0. The third-order valence-corrected chi connectivity index (χ3v) is 7.37. The molecule has 3 N–H and O–H groups in total. The minimum Gasteiger partial charge on any atom is -0.507 e. The Morgan fingerprint density at radius 3 is 2.52 bits per heavy atom. The lowest BCUT2D eigenvalue weighted by Gasteiger charge is -2.42. The molecule has 1 aliphatic heterocycles. The SMILES string of the molecule is CC1=CC(=O)C2=C(C1=O)[C@@H](c1cccc(C)c1O)C1=CC[C@@H]3C(=O)N(C(N)=O)C(=O)[C@@H]3[C@@H]1C2. The number of para-hydroxylation sites is 1. The van der Waals surface area contributed by atoms with E-state index in [2.05, 4.69) is 0 Å². The zero-order valence-corrected chi connectivity index (χ0v) is 18.1. The highest BCUT2D eigenvalue weighted by atomic mass is 16.3. The van der Waals surface area contributed by atoms with Crippen LogP contribution in [-0.4, -0.2) is 39.4 Å². The Balaban J connectivity index is 1.73. The third kappa shape index (κ3) is 2.79. The number of Topliss-reactive ketones (excluding diaryl/α,β-unsaturated/α-hetero) is 1. The number of phenolic OH excluding ortho intramolecular Hbond substituents is 1. The van der Waals surface area contributed by atoms with Gasteiger partial charge in [0.25, 0.3) is 0 Å². The minimum atomic E-state index is -1.12. The van der Waals surface area contributed by atoms with E-state index in [9.17, 15) is 29.1 Å². The van der Waals surface area contributed by atoms with Crippen molar-refractivity contribution in [2.45, 2.75) is 32.6 Å². The molecular formula is C25H22N2O6. The van der Waals surface area contributed by atoms with Gasteiger partial charge in [-0.3, -0.25) is 19.2 Å². The minimum absolute atomic E-state index is 0.0121. The van der Waals surface area contributed by atoms with Crippen LogP contribution in [0.25, 0.3) is 0 Å². The number of aromatic hydroxyl groups is 1. The molecule has 0 aromatic heterocycles. The number of carbonyl (C=O) groups is 5. The van der Waals surface area contributed by atoms with Gasteiger partial charge in [-0.1, -0.05) is 29.8 Å². The number of likely N-dealkylation sites (tertiary alicyclic amines) is 1. The molecular weight excluding hydrogens is 424 g/mol. The Bertz CT molecular complexity index is 1280. The molecule has 5 rings (SSSR count). The molecule has 8 nitrogen and oxygen atoms in total. The van der Waals surface area contributed by atoms with Crippen molar-refractivity contribution < 1.29 is 29.1 Å². The standard InChI is InChI=1S/C25H22N2O6/c1-10-4-3-5-13(21(10)29)18-12-6-7-14-19(24(32)27(23(14)31)25(26)33)15(12)9-16-17(28)8-11(2)22(30)20(16)18/h3-6,8,14-15,18-19,29H,7,9H2,1-2H3,(H2,26,33)/t14-,15+,18+,19-/m0/s1. The summed E-state index contributed by atoms with van der Waals surface area (Å²) in [6, 6.07) is 4.09. The number of hydrogen-bond acceptors (Lipinski definition) is 6. The van der Waals surface area contributed by atoms with Crippen molar-refractivity contribution in [2.75, 3.05) is 0 Å². The number of carbonyl (C=O) groups excluding carboxylic acids is 5. The summed E-state index contributed by atoms with van der Waals surface area (Å²) < 4.78 is 0. The summed E-state index contributed by atoms with van der Waals surface area (Å²) in [5, 5.41) is 10.9. The number of primary amides is 1. The molecule has 3 aliphatic carbocycles. The molecule has 1 heterocycles. The Labute approximate surface area is 189 Å². The number of aryl methyl sites for hydroxylation is 1. The Hall–Kier alpha value is -3.81. The molecule has 4 aliphatic rings. The molecule has 0 radical (unpaired) electrons. The maximum atomic E-state index is 13.3. The number of fused-ring (bicyclic) bond motifs is 3. The van der Waals surface area contributed by atoms with Gasteiger partial charge >= 0.3 is 6.03 Å². The van der Waals surface area contributed by atoms with Crippen LogP contribution in [0.3, 0.4) is 0 Å². The average Bonchev–Trinajstić information content (AvgIpc) is 3.03. The van der Waals surface area contributed by atoms with E-state index in [1.165, 1.54) is 6.08 Å². The number of rotatable bonds is 1. The molecule has 1 saturated heterocycles. The van der Waals surface area contributed by atoms with Crippen molar-refractivity contribution in [3.05, 3.63) is 63.8 Å². The number of nitrogens with zero attached hydrogens (tertiary/aromatic N) is 1. The normalized spacial score (nSPS) is 28.8. The molecule has 0 saturated carbocycles. The first-order valence-electron chi connectivity index (χ1n) is 10.8. The average molecular weight is 446 g/mol. The summed E-state index contributed by atoms with van der Waals surface area (Å²) in [6.45, 7) is 3.32. The lowest BCUT2D eigenvalue weighted by atomic mass is 9.59. The predicted molar refractivity (Wildman–Crippen MR) is 116 cm³/mol. The number of imide groups is 3. The molecule has 0 bridgehead atoms. The lowest BCUT2D eigenvalue weighted by Crippen LogP contribution is -2.42. The number of ketones is 2. The first-order valence-corrected chi connectivity index (χ1v) is 10.8. The van der Waals surface area contributed by atoms with E-state index in [1.54, 1.807) is 32.0 Å². The Kier molecular flexibility index (Phi) is 4.53. The number of allylic oxidation sites excluding steroid dienone is 6. The van der Waals surface area contributed by atoms with Crippen LogP contribution in [0.2, 0.25) is 0 Å². The molecule has 33 heavy (non-hydrogen) atoms. The van der Waals surface area contributed by atoms with E-state index in [4.69, 9.17) is 5.73 Å². The van der Waals surface area contributed by atoms with Gasteiger partial charge in [0.15, 0.2) is 11.6 Å². The van der Waals surface area contributed by atoms with Crippen LogP contribution in [0.5, 0.6) is 5.75 Å². The van der Waals surface area contributed by atoms with E-state index in [0.717, 1.165) is 0 Å². The topological polar surface area (TPSA) is 135 Å². The summed E-state index contributed by atoms with van der Waals surface area (Å²) in [7, 11) is 0. The number of nitrogens with two attached hydrogens (primary N) is 1. The second kappa shape index (κ2) is 7.10. The predicted octanol–water partition coefficient (Wildman–Crippen LogP) is 2.21. The van der Waals surface area contributed by atoms with Crippen LogP contribution in [0.1, 0.15) is 36.8 Å². The molecule has 4 atom stereocenters. The van der Waals surface area contributed by atoms with Crippen LogP contribution in [0.4, 0.5) is 4.79 Å². The second-order valence-electron chi connectivity index (χ2n) is 9.09. The number of amides is 4. The van der Waals surface area contributed by atoms with Crippen molar-refractivity contribution in [1.29, 1.82) is 0 Å². The lowest BCUT2D eigenvalue weighted by molar-refractivity contribution is -0.136. The number of urea groups is 1. The maximum Gasteiger partial charge on any atom is 0.328 e. The molecule has 1 fully saturated rings. The highest BCUT2D eigenvalue weighted by Gasteiger charge is 2.57. The highest BCUT2D eigenvalue weighted by molar-refractivity contribution is 6.24. The van der Waals surface area contributed by atoms with Gasteiger partial charge in [-0.05, 0) is 44.2 Å². The van der Waals surface area contributed by atoms with E-state index < -0.39 is 41.5 Å². The van der Waals surface area contributed by atoms with Crippen LogP contribution in [0.15, 0.2) is 52.6 Å². The first kappa shape index (κ1) is 21.1. The fraction of sp³-hybridized carbons (Fsp3) is 0.320. The van der Waals surface area contributed by atoms with Crippen LogP contribution < -0.4 is 5.73 Å². The fourth-order valence-corrected chi connectivity index (χ4v) is 5.85. The second-order valence-corrected chi connectivity index (χ2v) is 9.09. The van der Waals surface area contributed by atoms with Crippen LogP contribution in [-0.2, 0) is 19.2 Å². The summed E-state index contributed by atoms with van der Waals surface area (Å²) in [5.41, 5.74) is 8.00. The molecule has 0 unspecified atom stereocenters. The highest BCUT2D eigenvalue weighted by Crippen LogP contribution is 2.56. The van der Waals surface area contributed by atoms with E-state index in [0.29, 0.717) is 32.7 Å². The first-order chi connectivity index (χ1) is 15.6. The van der Waals surface area contributed by atoms with Gasteiger partial charge in [0.05, 0.1) is 11.8 Å². The molecule has 1 aromatic rings. The Morgan fingerprint density at radius 2 is 1.82 bits per heavy atom. The zero-order valence-electron chi connectivity index (χ0n) is 18.1. The monoisotopic (exact) mass is 446 g/mol. The molecule has 1 aromatic carbocycles. The van der Waals surface area contributed by atoms with E-state index >= 15 is 0 Å². The van der Waals surface area contributed by atoms with Crippen molar-refractivity contribution in [3.8, 4) is 5.75 Å². The van der Waals surface area contributed by atoms with E-state index in [1.807, 2.05) is 6.08 Å². The van der Waals surface area contributed by atoms with Gasteiger partial charge < -0.3 is 10.8 Å². The number of hydrogen-bond donors (Lipinski definition) is 2. The maximum absolute atomic E-state index is 13.3. The summed E-state index contributed by atoms with van der Waals surface area (Å²) in [4.78, 5) is 64.4. The number of phenols is 1. The quantitative estimate of drug-likeness (QED) is 0.386. The van der Waals surface area contributed by atoms with Crippen molar-refractivity contribution in [3.63, 3.8) is 0 Å². The summed E-state index contributed by atoms with van der Waals surface area (Å²) in [6.07, 6.45) is 3.42. The van der Waals surface area contributed by atoms with Gasteiger partial charge in [-0.25, -0.2) is 4.79 Å². The summed E-state index contributed by atoms with van der Waals surface area (Å²) in [5.74, 6) is -4.80. The number of benzene rings is 1. The molecule has 168 valence electrons. The van der Waals surface area contributed by atoms with E-state index in [-0.39, 0.29) is 35.7 Å². The molecule has 4 amide bonds. The van der Waals surface area contributed by atoms with Gasteiger partial charge in [0.2, 0.25) is 11.8 Å². The Morgan fingerprint density at radius 1 is 1.09 bits per heavy atom. The molecule has 8 heteroatoms. The van der Waals surface area contributed by atoms with Gasteiger partial charge in [0, 0.05) is 28.2 Å². The third-order valence-electron chi connectivity index (χ3n) is 7.37. The van der Waals surface area contributed by atoms with Crippen LogP contribution in [0, 0.1) is 24.7 Å². The van der Waals surface area contributed by atoms with Crippen LogP contribution >= 0.6 is 0 Å². The smallest absolute Gasteiger partial charge is 0.328 e. The fourth-order valence-electron chi connectivity index (χ4n) is 5.85. The van der Waals surface area contributed by atoms with Crippen molar-refractivity contribution >= 4 is 29.4 Å². The molecule has 0 spiro atoms. The van der Waals surface area contributed by atoms with Gasteiger partial charge in [-0.2, -0.15) is 4.90 Å².